The van der Waals surface area contributed by atoms with E-state index >= 15 is 0 Å². The van der Waals surface area contributed by atoms with Crippen LogP contribution < -0.4 is 0 Å². The molecule has 0 aromatic rings. The molecule has 0 saturated heterocycles. The van der Waals surface area contributed by atoms with Gasteiger partial charge in [0, 0.05) is 19.3 Å². The van der Waals surface area contributed by atoms with Gasteiger partial charge in [0.15, 0.2) is 6.10 Å². The van der Waals surface area contributed by atoms with Crippen molar-refractivity contribution in [3.63, 3.8) is 0 Å². The lowest BCUT2D eigenvalue weighted by atomic mass is 10.0. The molecule has 0 heterocycles. The van der Waals surface area contributed by atoms with Gasteiger partial charge < -0.3 is 14.2 Å². The molecule has 1 unspecified atom stereocenters. The van der Waals surface area contributed by atoms with Gasteiger partial charge in [0.25, 0.3) is 0 Å². The van der Waals surface area contributed by atoms with Crippen LogP contribution in [0.1, 0.15) is 284 Å². The fourth-order valence-electron chi connectivity index (χ4n) is 7.92. The first-order valence-corrected chi connectivity index (χ1v) is 27.6. The third-order valence-corrected chi connectivity index (χ3v) is 12.1. The monoisotopic (exact) mass is 897 g/mol. The number of esters is 3. The Morgan fingerprint density at radius 3 is 0.984 bits per heavy atom. The average Bonchev–Trinajstić information content (AvgIpc) is 3.29. The highest BCUT2D eigenvalue weighted by Crippen LogP contribution is 2.16. The molecule has 0 rings (SSSR count). The number of unbranched alkanes of at least 4 members (excludes halogenated alkanes) is 31. The van der Waals surface area contributed by atoms with Crippen molar-refractivity contribution in [2.75, 3.05) is 13.2 Å². The molecule has 1 atom stereocenters. The SMILES string of the molecule is CC/C=C\C/C=C\C/C=C\CCCCCC(=O)OCC(COC(=O)CCCCCCCCCCC/C=C\CCCCCCCC)OC(=O)CCCCCCCCCCCCCCCC. The van der Waals surface area contributed by atoms with E-state index in [2.05, 4.69) is 69.4 Å². The van der Waals surface area contributed by atoms with E-state index in [1.807, 2.05) is 0 Å². The smallest absolute Gasteiger partial charge is 0.306 e. The fourth-order valence-corrected chi connectivity index (χ4v) is 7.92. The molecule has 372 valence electrons. The van der Waals surface area contributed by atoms with Crippen molar-refractivity contribution < 1.29 is 28.6 Å². The minimum Gasteiger partial charge on any atom is -0.462 e. The van der Waals surface area contributed by atoms with Crippen molar-refractivity contribution in [3.05, 3.63) is 48.6 Å². The number of rotatable bonds is 50. The Morgan fingerprint density at radius 1 is 0.328 bits per heavy atom. The van der Waals surface area contributed by atoms with Gasteiger partial charge in [-0.3, -0.25) is 14.4 Å². The standard InChI is InChI=1S/C58H104O6/c1-4-7-10-13-16-19-22-25-27-28-29-30-31-34-36-39-42-45-48-51-57(60)63-54-55(53-62-56(59)50-47-44-41-38-35-32-24-21-18-15-12-9-6-3)64-58(61)52-49-46-43-40-37-33-26-23-20-17-14-11-8-5-2/h9,12,18,21,25,27,32,35,55H,4-8,10-11,13-17,19-20,22-24,26,28-31,33-34,36-54H2,1-3H3/b12-9-,21-18-,27-25-,35-32-. The van der Waals surface area contributed by atoms with Crippen LogP contribution in [-0.2, 0) is 28.6 Å². The lowest BCUT2D eigenvalue weighted by Crippen LogP contribution is -2.30. The first-order valence-electron chi connectivity index (χ1n) is 27.6. The van der Waals surface area contributed by atoms with Gasteiger partial charge in [-0.05, 0) is 77.0 Å². The highest BCUT2D eigenvalue weighted by Gasteiger charge is 2.19. The highest BCUT2D eigenvalue weighted by atomic mass is 16.6. The number of carbonyl (C=O) groups excluding carboxylic acids is 3. The number of allylic oxidation sites excluding steroid dienone is 8. The van der Waals surface area contributed by atoms with E-state index in [4.69, 9.17) is 14.2 Å². The zero-order valence-corrected chi connectivity index (χ0v) is 42.6. The van der Waals surface area contributed by atoms with E-state index < -0.39 is 6.10 Å². The van der Waals surface area contributed by atoms with Crippen molar-refractivity contribution in [2.24, 2.45) is 0 Å². The maximum atomic E-state index is 12.8. The third kappa shape index (κ3) is 50.4. The Morgan fingerprint density at radius 2 is 0.609 bits per heavy atom. The van der Waals surface area contributed by atoms with Crippen LogP contribution in [0.5, 0.6) is 0 Å². The van der Waals surface area contributed by atoms with Gasteiger partial charge in [-0.25, -0.2) is 0 Å². The Balaban J connectivity index is 4.35. The minimum atomic E-state index is -0.782. The van der Waals surface area contributed by atoms with Crippen LogP contribution in [0.25, 0.3) is 0 Å². The molecule has 0 aliphatic carbocycles. The zero-order valence-electron chi connectivity index (χ0n) is 42.6. The first kappa shape index (κ1) is 61.4. The fraction of sp³-hybridized carbons (Fsp3) is 0.810. The highest BCUT2D eigenvalue weighted by molar-refractivity contribution is 5.71. The van der Waals surface area contributed by atoms with E-state index in [0.717, 1.165) is 83.5 Å². The Kier molecular flexibility index (Phi) is 50.8. The summed E-state index contributed by atoms with van der Waals surface area (Å²) in [6, 6.07) is 0. The van der Waals surface area contributed by atoms with Crippen molar-refractivity contribution in [3.8, 4) is 0 Å². The van der Waals surface area contributed by atoms with Gasteiger partial charge in [0.2, 0.25) is 0 Å². The van der Waals surface area contributed by atoms with Crippen LogP contribution in [0.3, 0.4) is 0 Å². The summed E-state index contributed by atoms with van der Waals surface area (Å²) in [7, 11) is 0. The second-order valence-electron chi connectivity index (χ2n) is 18.5. The zero-order chi connectivity index (χ0) is 46.5. The number of hydrogen-bond acceptors (Lipinski definition) is 6. The lowest BCUT2D eigenvalue weighted by Gasteiger charge is -2.18. The van der Waals surface area contributed by atoms with E-state index in [1.165, 1.54) is 161 Å². The topological polar surface area (TPSA) is 78.9 Å². The van der Waals surface area contributed by atoms with Gasteiger partial charge in [0.1, 0.15) is 13.2 Å². The predicted octanol–water partition coefficient (Wildman–Crippen LogP) is 18.3. The Hall–Kier alpha value is -2.63. The molecule has 0 bridgehead atoms. The maximum absolute atomic E-state index is 12.8. The molecule has 6 nitrogen and oxygen atoms in total. The third-order valence-electron chi connectivity index (χ3n) is 12.1. The predicted molar refractivity (Wildman–Crippen MR) is 275 cm³/mol. The van der Waals surface area contributed by atoms with Crippen molar-refractivity contribution in [1.29, 1.82) is 0 Å². The summed E-state index contributed by atoms with van der Waals surface area (Å²) in [6.45, 7) is 6.52. The van der Waals surface area contributed by atoms with E-state index in [1.54, 1.807) is 0 Å². The largest absolute Gasteiger partial charge is 0.462 e. The molecule has 0 aliphatic rings. The van der Waals surface area contributed by atoms with Gasteiger partial charge in [0.05, 0.1) is 0 Å². The van der Waals surface area contributed by atoms with Gasteiger partial charge in [-0.15, -0.1) is 0 Å². The summed E-state index contributed by atoms with van der Waals surface area (Å²) in [5.74, 6) is -0.901. The molecular weight excluding hydrogens is 793 g/mol. The lowest BCUT2D eigenvalue weighted by molar-refractivity contribution is -0.167. The van der Waals surface area contributed by atoms with Crippen molar-refractivity contribution >= 4 is 17.9 Å². The summed E-state index contributed by atoms with van der Waals surface area (Å²) in [5, 5.41) is 0. The molecule has 0 N–H and O–H groups in total. The summed E-state index contributed by atoms with van der Waals surface area (Å²) < 4.78 is 16.8. The Bertz CT molecular complexity index is 1120. The molecule has 0 aromatic heterocycles. The normalized spacial score (nSPS) is 12.4. The van der Waals surface area contributed by atoms with Gasteiger partial charge in [-0.2, -0.15) is 0 Å². The van der Waals surface area contributed by atoms with Crippen molar-refractivity contribution in [1.82, 2.24) is 0 Å². The second-order valence-corrected chi connectivity index (χ2v) is 18.5. The molecule has 0 saturated carbocycles. The average molecular weight is 897 g/mol. The van der Waals surface area contributed by atoms with Crippen LogP contribution in [0, 0.1) is 0 Å². The summed E-state index contributed by atoms with van der Waals surface area (Å²) in [6.07, 6.45) is 63.9. The van der Waals surface area contributed by atoms with E-state index in [0.29, 0.717) is 19.3 Å². The van der Waals surface area contributed by atoms with Crippen LogP contribution in [0.2, 0.25) is 0 Å². The molecular formula is C58H104O6. The molecule has 0 amide bonds. The number of carbonyl (C=O) groups is 3. The molecule has 0 spiro atoms. The summed E-state index contributed by atoms with van der Waals surface area (Å²) in [4.78, 5) is 38.0. The van der Waals surface area contributed by atoms with Crippen molar-refractivity contribution in [2.45, 2.75) is 290 Å². The number of ether oxygens (including phenoxy) is 3. The molecule has 64 heavy (non-hydrogen) atoms. The molecule has 0 aromatic carbocycles. The molecule has 0 fully saturated rings. The second kappa shape index (κ2) is 53.0. The van der Waals surface area contributed by atoms with E-state index in [-0.39, 0.29) is 31.1 Å². The summed E-state index contributed by atoms with van der Waals surface area (Å²) >= 11 is 0. The van der Waals surface area contributed by atoms with Gasteiger partial charge in [-0.1, -0.05) is 236 Å². The quantitative estimate of drug-likeness (QED) is 0.0262. The van der Waals surface area contributed by atoms with Crippen LogP contribution in [0.4, 0.5) is 0 Å². The van der Waals surface area contributed by atoms with Gasteiger partial charge >= 0.3 is 17.9 Å². The molecule has 0 radical (unpaired) electrons. The van der Waals surface area contributed by atoms with Crippen LogP contribution in [0.15, 0.2) is 48.6 Å². The van der Waals surface area contributed by atoms with Crippen LogP contribution >= 0.6 is 0 Å². The minimum absolute atomic E-state index is 0.0809. The number of hydrogen-bond donors (Lipinski definition) is 0. The summed E-state index contributed by atoms with van der Waals surface area (Å²) in [5.41, 5.74) is 0. The molecule has 0 aliphatic heterocycles. The maximum Gasteiger partial charge on any atom is 0.306 e. The Labute approximate surface area is 397 Å². The van der Waals surface area contributed by atoms with E-state index in [9.17, 15) is 14.4 Å². The molecule has 6 heteroatoms. The first-order chi connectivity index (χ1) is 31.5. The van der Waals surface area contributed by atoms with Crippen LogP contribution in [-0.4, -0.2) is 37.2 Å².